The number of hydrogen-bond donors (Lipinski definition) is 0. The van der Waals surface area contributed by atoms with E-state index in [1.165, 1.54) is 23.1 Å². The van der Waals surface area contributed by atoms with Crippen LogP contribution in [0.25, 0.3) is 10.4 Å². The molecule has 2 unspecified atom stereocenters. The van der Waals surface area contributed by atoms with Crippen molar-refractivity contribution in [1.82, 2.24) is 4.57 Å². The zero-order valence-corrected chi connectivity index (χ0v) is 19.1. The summed E-state index contributed by atoms with van der Waals surface area (Å²) in [6, 6.07) is 17.1. The van der Waals surface area contributed by atoms with Crippen LogP contribution >= 0.6 is 23.6 Å². The summed E-state index contributed by atoms with van der Waals surface area (Å²) in [6.07, 6.45) is 4.30. The van der Waals surface area contributed by atoms with Crippen LogP contribution in [0.2, 0.25) is 0 Å². The van der Waals surface area contributed by atoms with Gasteiger partial charge in [0, 0.05) is 6.04 Å². The Bertz CT molecular complexity index is 1180. The first-order valence-electron chi connectivity index (χ1n) is 10.7. The van der Waals surface area contributed by atoms with Gasteiger partial charge in [0.2, 0.25) is 5.91 Å². The van der Waals surface area contributed by atoms with Crippen molar-refractivity contribution < 1.29 is 4.79 Å². The summed E-state index contributed by atoms with van der Waals surface area (Å²) < 4.78 is 3.21. The van der Waals surface area contributed by atoms with E-state index in [9.17, 15) is 4.79 Å². The standard InChI is InChI=1S/C25H26N2OS2/c1-16-8-7-11-18(14-16)22-23-26(15-19-10-4-3-9-17(19)2)24(28)20-12-5-6-13-21(20)27(23)25(29)30-22/h3-4,7-11,14,20-21H,5-6,12-13,15H2,1-2H3. The Kier molecular flexibility index (Phi) is 5.11. The average Bonchev–Trinajstić information content (AvgIpc) is 3.10. The van der Waals surface area contributed by atoms with Crippen LogP contribution in [-0.2, 0) is 11.3 Å². The van der Waals surface area contributed by atoms with Gasteiger partial charge in [0.25, 0.3) is 0 Å². The monoisotopic (exact) mass is 434 g/mol. The Hall–Kier alpha value is -2.24. The molecule has 0 bridgehead atoms. The molecule has 1 saturated carbocycles. The van der Waals surface area contributed by atoms with Crippen LogP contribution in [0, 0.1) is 23.7 Å². The molecule has 2 atom stereocenters. The van der Waals surface area contributed by atoms with E-state index in [0.29, 0.717) is 6.54 Å². The highest BCUT2D eigenvalue weighted by Crippen LogP contribution is 2.49. The molecule has 5 rings (SSSR count). The molecule has 0 N–H and O–H groups in total. The van der Waals surface area contributed by atoms with E-state index in [1.807, 2.05) is 4.90 Å². The maximum Gasteiger partial charge on any atom is 0.233 e. The molecule has 0 saturated heterocycles. The molecule has 2 aromatic carbocycles. The van der Waals surface area contributed by atoms with Crippen LogP contribution in [0.3, 0.4) is 0 Å². The Morgan fingerprint density at radius 1 is 1.07 bits per heavy atom. The van der Waals surface area contributed by atoms with Crippen molar-refractivity contribution in [2.45, 2.75) is 52.1 Å². The third-order valence-corrected chi connectivity index (χ3v) is 8.03. The predicted molar refractivity (Wildman–Crippen MR) is 127 cm³/mol. The summed E-state index contributed by atoms with van der Waals surface area (Å²) in [5.74, 6) is 1.32. The Labute approximate surface area is 187 Å². The molecule has 1 fully saturated rings. The maximum absolute atomic E-state index is 13.8. The van der Waals surface area contributed by atoms with Gasteiger partial charge in [-0.15, -0.1) is 11.3 Å². The van der Waals surface area contributed by atoms with Gasteiger partial charge in [0.05, 0.1) is 17.3 Å². The second-order valence-corrected chi connectivity index (χ2v) is 10.2. The predicted octanol–water partition coefficient (Wildman–Crippen LogP) is 6.84. The fourth-order valence-corrected chi connectivity index (χ4v) is 6.53. The van der Waals surface area contributed by atoms with Crippen LogP contribution in [-0.4, -0.2) is 10.5 Å². The van der Waals surface area contributed by atoms with E-state index in [1.54, 1.807) is 11.3 Å². The lowest BCUT2D eigenvalue weighted by Gasteiger charge is -2.42. The molecular formula is C25H26N2OS2. The smallest absolute Gasteiger partial charge is 0.233 e. The molecule has 3 aromatic rings. The SMILES string of the molecule is Cc1cccc(-c2sc(=S)n3c2N(Cc2ccccc2C)C(=O)C2CCCCC23)c1. The number of aromatic nitrogens is 1. The number of carbonyl (C=O) groups is 1. The third-order valence-electron chi connectivity index (χ3n) is 6.59. The highest BCUT2D eigenvalue weighted by atomic mass is 32.1. The molecule has 5 heteroatoms. The Balaban J connectivity index is 1.71. The van der Waals surface area contributed by atoms with Gasteiger partial charge in [-0.25, -0.2) is 0 Å². The summed E-state index contributed by atoms with van der Waals surface area (Å²) in [6.45, 7) is 4.83. The van der Waals surface area contributed by atoms with Crippen molar-refractivity contribution in [3.63, 3.8) is 0 Å². The van der Waals surface area contributed by atoms with Gasteiger partial charge < -0.3 is 4.57 Å². The van der Waals surface area contributed by atoms with Crippen molar-refractivity contribution >= 4 is 35.3 Å². The van der Waals surface area contributed by atoms with Crippen molar-refractivity contribution in [3.8, 4) is 10.4 Å². The lowest BCUT2D eigenvalue weighted by Crippen LogP contribution is -2.47. The van der Waals surface area contributed by atoms with Gasteiger partial charge >= 0.3 is 0 Å². The van der Waals surface area contributed by atoms with E-state index < -0.39 is 0 Å². The highest BCUT2D eigenvalue weighted by Gasteiger charge is 2.43. The van der Waals surface area contributed by atoms with Gasteiger partial charge in [-0.1, -0.05) is 66.9 Å². The molecule has 1 aromatic heterocycles. The number of aryl methyl sites for hydroxylation is 2. The topological polar surface area (TPSA) is 25.2 Å². The minimum absolute atomic E-state index is 0.0435. The van der Waals surface area contributed by atoms with E-state index in [4.69, 9.17) is 12.2 Å². The third kappa shape index (κ3) is 3.25. The summed E-state index contributed by atoms with van der Waals surface area (Å²) in [4.78, 5) is 16.9. The molecule has 154 valence electrons. The number of thiazole rings is 1. The van der Waals surface area contributed by atoms with Crippen LogP contribution < -0.4 is 4.90 Å². The van der Waals surface area contributed by atoms with Crippen LogP contribution in [0.1, 0.15) is 48.4 Å². The molecular weight excluding hydrogens is 408 g/mol. The maximum atomic E-state index is 13.8. The van der Waals surface area contributed by atoms with Gasteiger partial charge in [-0.2, -0.15) is 0 Å². The number of hydrogen-bond acceptors (Lipinski definition) is 3. The molecule has 30 heavy (non-hydrogen) atoms. The van der Waals surface area contributed by atoms with Crippen LogP contribution in [0.15, 0.2) is 48.5 Å². The molecule has 3 nitrogen and oxygen atoms in total. The lowest BCUT2D eigenvalue weighted by atomic mass is 9.81. The first-order chi connectivity index (χ1) is 14.5. The summed E-state index contributed by atoms with van der Waals surface area (Å²) in [5.41, 5.74) is 4.78. The minimum Gasteiger partial charge on any atom is -0.305 e. The van der Waals surface area contributed by atoms with E-state index in [-0.39, 0.29) is 17.9 Å². The van der Waals surface area contributed by atoms with Gasteiger partial charge in [-0.05, 0) is 55.6 Å². The van der Waals surface area contributed by atoms with Crippen molar-refractivity contribution in [2.75, 3.05) is 4.90 Å². The van der Waals surface area contributed by atoms with Crippen molar-refractivity contribution in [2.24, 2.45) is 5.92 Å². The fourth-order valence-electron chi connectivity index (χ4n) is 5.02. The molecule has 0 radical (unpaired) electrons. The number of amides is 1. The second-order valence-electron chi connectivity index (χ2n) is 8.57. The van der Waals surface area contributed by atoms with E-state index >= 15 is 0 Å². The average molecular weight is 435 g/mol. The summed E-state index contributed by atoms with van der Waals surface area (Å²) in [5, 5.41) is 0. The van der Waals surface area contributed by atoms with Crippen molar-refractivity contribution in [3.05, 3.63) is 69.2 Å². The molecule has 1 aliphatic heterocycles. The number of anilines is 1. The zero-order chi connectivity index (χ0) is 20.8. The lowest BCUT2D eigenvalue weighted by molar-refractivity contribution is -0.126. The highest BCUT2D eigenvalue weighted by molar-refractivity contribution is 7.73. The molecule has 2 aliphatic rings. The zero-order valence-electron chi connectivity index (χ0n) is 17.4. The van der Waals surface area contributed by atoms with E-state index in [2.05, 4.69) is 66.9 Å². The number of nitrogens with zero attached hydrogens (tertiary/aromatic N) is 2. The van der Waals surface area contributed by atoms with E-state index in [0.717, 1.165) is 39.5 Å². The molecule has 2 heterocycles. The first-order valence-corrected chi connectivity index (χ1v) is 12.0. The van der Waals surface area contributed by atoms with Crippen LogP contribution in [0.4, 0.5) is 5.82 Å². The normalized spacial score (nSPS) is 20.7. The Morgan fingerprint density at radius 2 is 1.87 bits per heavy atom. The van der Waals surface area contributed by atoms with Crippen molar-refractivity contribution in [1.29, 1.82) is 0 Å². The first kappa shape index (κ1) is 19.7. The minimum atomic E-state index is 0.0435. The second kappa shape index (κ2) is 7.78. The van der Waals surface area contributed by atoms with Crippen LogP contribution in [0.5, 0.6) is 0 Å². The van der Waals surface area contributed by atoms with Gasteiger partial charge in [0.15, 0.2) is 3.95 Å². The summed E-state index contributed by atoms with van der Waals surface area (Å²) >= 11 is 7.54. The number of fused-ring (bicyclic) bond motifs is 3. The largest absolute Gasteiger partial charge is 0.305 e. The summed E-state index contributed by atoms with van der Waals surface area (Å²) in [7, 11) is 0. The number of carbonyl (C=O) groups excluding carboxylic acids is 1. The quantitative estimate of drug-likeness (QED) is 0.422. The number of benzene rings is 2. The number of rotatable bonds is 3. The molecule has 0 spiro atoms. The van der Waals surface area contributed by atoms with Gasteiger partial charge in [-0.3, -0.25) is 9.69 Å². The fraction of sp³-hybridized carbons (Fsp3) is 0.360. The molecule has 1 amide bonds. The van der Waals surface area contributed by atoms with Gasteiger partial charge in [0.1, 0.15) is 5.82 Å². The molecule has 1 aliphatic carbocycles. The Morgan fingerprint density at radius 3 is 2.67 bits per heavy atom.